The van der Waals surface area contributed by atoms with Crippen molar-refractivity contribution in [1.82, 2.24) is 5.32 Å². The summed E-state index contributed by atoms with van der Waals surface area (Å²) in [6.45, 7) is 6.87. The molecule has 0 amide bonds. The van der Waals surface area contributed by atoms with Crippen LogP contribution in [0.3, 0.4) is 0 Å². The highest BCUT2D eigenvalue weighted by molar-refractivity contribution is 4.68. The highest BCUT2D eigenvalue weighted by Crippen LogP contribution is 2.24. The zero-order chi connectivity index (χ0) is 11.2. The number of hydrogen-bond donors (Lipinski definition) is 1. The molecule has 2 atom stereocenters. The first kappa shape index (κ1) is 13.8. The first-order valence-electron chi connectivity index (χ1n) is 5.17. The Labute approximate surface area is 84.1 Å². The van der Waals surface area contributed by atoms with Crippen LogP contribution < -0.4 is 5.32 Å². The van der Waals surface area contributed by atoms with Gasteiger partial charge in [0, 0.05) is 12.5 Å². The maximum Gasteiger partial charge on any atom is 0.389 e. The standard InChI is InChI=1S/C10H20F3N/c1-4-14-9(3)8(2)6-5-7-10(11,12)13/h8-9,14H,4-7H2,1-3H3. The smallest absolute Gasteiger partial charge is 0.314 e. The zero-order valence-corrected chi connectivity index (χ0v) is 9.12. The quantitative estimate of drug-likeness (QED) is 0.710. The molecule has 0 aromatic rings. The molecule has 1 N–H and O–H groups in total. The molecule has 0 fully saturated rings. The van der Waals surface area contributed by atoms with Gasteiger partial charge in [-0.25, -0.2) is 0 Å². The van der Waals surface area contributed by atoms with Crippen molar-refractivity contribution in [3.8, 4) is 0 Å². The Hall–Kier alpha value is -0.250. The van der Waals surface area contributed by atoms with Gasteiger partial charge < -0.3 is 5.32 Å². The van der Waals surface area contributed by atoms with Crippen molar-refractivity contribution in [2.75, 3.05) is 6.54 Å². The average molecular weight is 211 g/mol. The third-order valence-corrected chi connectivity index (χ3v) is 2.50. The van der Waals surface area contributed by atoms with Gasteiger partial charge in [0.25, 0.3) is 0 Å². The summed E-state index contributed by atoms with van der Waals surface area (Å²) in [5.41, 5.74) is 0. The zero-order valence-electron chi connectivity index (χ0n) is 9.12. The van der Waals surface area contributed by atoms with Gasteiger partial charge in [0.15, 0.2) is 0 Å². The van der Waals surface area contributed by atoms with Crippen molar-refractivity contribution in [2.45, 2.75) is 52.3 Å². The first-order chi connectivity index (χ1) is 6.37. The van der Waals surface area contributed by atoms with E-state index in [1.165, 1.54) is 0 Å². The van der Waals surface area contributed by atoms with Crippen LogP contribution in [0.5, 0.6) is 0 Å². The molecule has 0 rings (SSSR count). The fourth-order valence-corrected chi connectivity index (χ4v) is 1.40. The van der Waals surface area contributed by atoms with Gasteiger partial charge in [0.2, 0.25) is 0 Å². The van der Waals surface area contributed by atoms with E-state index in [9.17, 15) is 13.2 Å². The van der Waals surface area contributed by atoms with Crippen molar-refractivity contribution >= 4 is 0 Å². The van der Waals surface area contributed by atoms with E-state index >= 15 is 0 Å². The van der Waals surface area contributed by atoms with Crippen LogP contribution in [-0.2, 0) is 0 Å². The second-order valence-electron chi connectivity index (χ2n) is 3.83. The Morgan fingerprint density at radius 2 is 1.79 bits per heavy atom. The van der Waals surface area contributed by atoms with Crippen LogP contribution >= 0.6 is 0 Å². The molecule has 14 heavy (non-hydrogen) atoms. The molecular formula is C10H20F3N. The number of rotatable bonds is 6. The van der Waals surface area contributed by atoms with Crippen LogP contribution in [0, 0.1) is 5.92 Å². The molecule has 0 bridgehead atoms. The topological polar surface area (TPSA) is 12.0 Å². The largest absolute Gasteiger partial charge is 0.389 e. The summed E-state index contributed by atoms with van der Waals surface area (Å²) in [5, 5.41) is 3.21. The second kappa shape index (κ2) is 6.27. The lowest BCUT2D eigenvalue weighted by Crippen LogP contribution is -2.31. The van der Waals surface area contributed by atoms with Gasteiger partial charge in [-0.05, 0) is 32.2 Å². The van der Waals surface area contributed by atoms with Crippen LogP contribution in [0.15, 0.2) is 0 Å². The van der Waals surface area contributed by atoms with Crippen molar-refractivity contribution in [3.63, 3.8) is 0 Å². The van der Waals surface area contributed by atoms with E-state index in [1.54, 1.807) is 0 Å². The molecule has 0 aromatic heterocycles. The van der Waals surface area contributed by atoms with E-state index in [2.05, 4.69) is 5.32 Å². The summed E-state index contributed by atoms with van der Waals surface area (Å²) in [4.78, 5) is 0. The van der Waals surface area contributed by atoms with Gasteiger partial charge in [-0.2, -0.15) is 13.2 Å². The molecule has 2 unspecified atom stereocenters. The Kier molecular flexibility index (Phi) is 6.16. The predicted molar refractivity (Wildman–Crippen MR) is 52.2 cm³/mol. The minimum Gasteiger partial charge on any atom is -0.314 e. The van der Waals surface area contributed by atoms with E-state index < -0.39 is 12.6 Å². The molecule has 0 spiro atoms. The number of alkyl halides is 3. The highest BCUT2D eigenvalue weighted by atomic mass is 19.4. The molecule has 0 heterocycles. The molecule has 0 aromatic carbocycles. The van der Waals surface area contributed by atoms with Gasteiger partial charge in [-0.1, -0.05) is 13.8 Å². The Balaban J connectivity index is 3.58. The number of nitrogens with one attached hydrogen (secondary N) is 1. The Morgan fingerprint density at radius 3 is 2.21 bits per heavy atom. The van der Waals surface area contributed by atoms with Gasteiger partial charge in [-0.15, -0.1) is 0 Å². The molecule has 1 nitrogen and oxygen atoms in total. The molecule has 0 saturated heterocycles. The minimum atomic E-state index is -4.00. The molecule has 86 valence electrons. The lowest BCUT2D eigenvalue weighted by molar-refractivity contribution is -0.136. The van der Waals surface area contributed by atoms with Gasteiger partial charge in [0.1, 0.15) is 0 Å². The van der Waals surface area contributed by atoms with E-state index in [4.69, 9.17) is 0 Å². The fourth-order valence-electron chi connectivity index (χ4n) is 1.40. The number of halogens is 3. The van der Waals surface area contributed by atoms with Crippen molar-refractivity contribution in [3.05, 3.63) is 0 Å². The molecular weight excluding hydrogens is 191 g/mol. The Morgan fingerprint density at radius 1 is 1.21 bits per heavy atom. The average Bonchev–Trinajstić information content (AvgIpc) is 2.02. The summed E-state index contributed by atoms with van der Waals surface area (Å²) < 4.78 is 35.5. The maximum absolute atomic E-state index is 11.8. The SMILES string of the molecule is CCNC(C)C(C)CCCC(F)(F)F. The van der Waals surface area contributed by atoms with Crippen molar-refractivity contribution < 1.29 is 13.2 Å². The summed E-state index contributed by atoms with van der Waals surface area (Å²) in [6, 6.07) is 0.299. The fraction of sp³-hybridized carbons (Fsp3) is 1.00. The summed E-state index contributed by atoms with van der Waals surface area (Å²) in [6.07, 6.45) is -3.79. The third kappa shape index (κ3) is 7.18. The van der Waals surface area contributed by atoms with Crippen LogP contribution in [0.4, 0.5) is 13.2 Å². The van der Waals surface area contributed by atoms with Crippen LogP contribution in [-0.4, -0.2) is 18.8 Å². The first-order valence-corrected chi connectivity index (χ1v) is 5.17. The van der Waals surface area contributed by atoms with Gasteiger partial charge in [-0.3, -0.25) is 0 Å². The Bertz CT molecular complexity index is 145. The van der Waals surface area contributed by atoms with Gasteiger partial charge >= 0.3 is 6.18 Å². The molecule has 4 heteroatoms. The molecule has 0 saturated carbocycles. The lowest BCUT2D eigenvalue weighted by atomic mass is 9.97. The molecule has 0 radical (unpaired) electrons. The monoisotopic (exact) mass is 211 g/mol. The lowest BCUT2D eigenvalue weighted by Gasteiger charge is -2.20. The normalized spacial score (nSPS) is 16.7. The molecule has 0 aliphatic heterocycles. The van der Waals surface area contributed by atoms with Crippen LogP contribution in [0.25, 0.3) is 0 Å². The third-order valence-electron chi connectivity index (χ3n) is 2.50. The minimum absolute atomic E-state index is 0.237. The van der Waals surface area contributed by atoms with Crippen LogP contribution in [0.1, 0.15) is 40.0 Å². The van der Waals surface area contributed by atoms with Crippen LogP contribution in [0.2, 0.25) is 0 Å². The summed E-state index contributed by atoms with van der Waals surface area (Å²) in [5.74, 6) is 0.303. The van der Waals surface area contributed by atoms with E-state index in [0.717, 1.165) is 6.54 Å². The molecule has 0 aliphatic carbocycles. The maximum atomic E-state index is 11.8. The second-order valence-corrected chi connectivity index (χ2v) is 3.83. The van der Waals surface area contributed by atoms with E-state index in [0.29, 0.717) is 18.4 Å². The molecule has 0 aliphatic rings. The van der Waals surface area contributed by atoms with Crippen molar-refractivity contribution in [2.24, 2.45) is 5.92 Å². The number of hydrogen-bond acceptors (Lipinski definition) is 1. The highest BCUT2D eigenvalue weighted by Gasteiger charge is 2.26. The van der Waals surface area contributed by atoms with Crippen molar-refractivity contribution in [1.29, 1.82) is 0 Å². The van der Waals surface area contributed by atoms with Gasteiger partial charge in [0.05, 0.1) is 0 Å². The van der Waals surface area contributed by atoms with E-state index in [1.807, 2.05) is 20.8 Å². The van der Waals surface area contributed by atoms with E-state index in [-0.39, 0.29) is 6.42 Å². The summed E-state index contributed by atoms with van der Waals surface area (Å²) in [7, 11) is 0. The predicted octanol–water partition coefficient (Wildman–Crippen LogP) is 3.35. The summed E-state index contributed by atoms with van der Waals surface area (Å²) >= 11 is 0.